The number of hydrogen-bond acceptors (Lipinski definition) is 5. The molecule has 0 fully saturated rings. The van der Waals surface area contributed by atoms with Gasteiger partial charge in [-0.25, -0.2) is 17.5 Å². The van der Waals surface area contributed by atoms with Gasteiger partial charge >= 0.3 is 5.97 Å². The first-order valence-corrected chi connectivity index (χ1v) is 10.2. The molecule has 0 radical (unpaired) electrons. The van der Waals surface area contributed by atoms with Gasteiger partial charge in [0.25, 0.3) is 5.91 Å². The summed E-state index contributed by atoms with van der Waals surface area (Å²) in [5, 5.41) is -0.0115. The molecule has 0 unspecified atom stereocenters. The SMILES string of the molecule is CCN(C(=O)COC(=O)c1ccc(Cl)c(S(=O)(=O)N(C)C)c1)c1ccccc1. The average molecular weight is 425 g/mol. The molecular formula is C19H21ClN2O5S. The molecule has 7 nitrogen and oxygen atoms in total. The van der Waals surface area contributed by atoms with Gasteiger partial charge in [0.05, 0.1) is 10.6 Å². The zero-order valence-electron chi connectivity index (χ0n) is 15.8. The molecule has 2 aromatic carbocycles. The number of hydrogen-bond donors (Lipinski definition) is 0. The first-order chi connectivity index (χ1) is 13.2. The second-order valence-corrected chi connectivity index (χ2v) is 8.51. The Morgan fingerprint density at radius 1 is 1.07 bits per heavy atom. The fourth-order valence-corrected chi connectivity index (χ4v) is 3.82. The van der Waals surface area contributed by atoms with Crippen LogP contribution in [0.1, 0.15) is 17.3 Å². The van der Waals surface area contributed by atoms with Gasteiger partial charge in [-0.15, -0.1) is 0 Å². The number of nitrogens with zero attached hydrogens (tertiary/aromatic N) is 2. The summed E-state index contributed by atoms with van der Waals surface area (Å²) in [6, 6.07) is 12.8. The molecule has 28 heavy (non-hydrogen) atoms. The number of amides is 1. The summed E-state index contributed by atoms with van der Waals surface area (Å²) >= 11 is 5.97. The largest absolute Gasteiger partial charge is 0.452 e. The van der Waals surface area contributed by atoms with Crippen LogP contribution in [-0.4, -0.2) is 51.8 Å². The number of carbonyl (C=O) groups is 2. The van der Waals surface area contributed by atoms with Crippen LogP contribution in [0.5, 0.6) is 0 Å². The predicted octanol–water partition coefficient (Wildman–Crippen LogP) is 2.80. The van der Waals surface area contributed by atoms with Crippen molar-refractivity contribution in [2.75, 3.05) is 32.1 Å². The number of ether oxygens (including phenoxy) is 1. The highest BCUT2D eigenvalue weighted by atomic mass is 35.5. The number of anilines is 1. The number of para-hydroxylation sites is 1. The zero-order valence-corrected chi connectivity index (χ0v) is 17.3. The van der Waals surface area contributed by atoms with E-state index in [1.165, 1.54) is 31.1 Å². The van der Waals surface area contributed by atoms with Gasteiger partial charge in [0.15, 0.2) is 6.61 Å². The molecule has 0 saturated heterocycles. The van der Waals surface area contributed by atoms with E-state index in [2.05, 4.69) is 0 Å². The summed E-state index contributed by atoms with van der Waals surface area (Å²) in [6.45, 7) is 1.75. The van der Waals surface area contributed by atoms with Crippen LogP contribution in [0.2, 0.25) is 5.02 Å². The Kier molecular flexibility index (Phi) is 7.17. The highest BCUT2D eigenvalue weighted by molar-refractivity contribution is 7.89. The molecule has 2 aromatic rings. The molecule has 2 rings (SSSR count). The fourth-order valence-electron chi connectivity index (χ4n) is 2.42. The predicted molar refractivity (Wildman–Crippen MR) is 107 cm³/mol. The third kappa shape index (κ3) is 4.89. The number of esters is 1. The average Bonchev–Trinajstić information content (AvgIpc) is 2.67. The van der Waals surface area contributed by atoms with Crippen LogP contribution in [0.3, 0.4) is 0 Å². The number of carbonyl (C=O) groups excluding carboxylic acids is 2. The number of halogens is 1. The molecule has 0 atom stereocenters. The maximum Gasteiger partial charge on any atom is 0.338 e. The van der Waals surface area contributed by atoms with Gasteiger partial charge in [0.1, 0.15) is 4.90 Å². The van der Waals surface area contributed by atoms with Crippen molar-refractivity contribution < 1.29 is 22.7 Å². The topological polar surface area (TPSA) is 84.0 Å². The van der Waals surface area contributed by atoms with Crippen molar-refractivity contribution >= 4 is 39.2 Å². The second-order valence-electron chi connectivity index (χ2n) is 5.98. The summed E-state index contributed by atoms with van der Waals surface area (Å²) in [5.41, 5.74) is 0.678. The van der Waals surface area contributed by atoms with Crippen molar-refractivity contribution in [1.82, 2.24) is 4.31 Å². The Hall–Kier alpha value is -2.42. The third-order valence-electron chi connectivity index (χ3n) is 3.94. The Balaban J connectivity index is 2.14. The minimum Gasteiger partial charge on any atom is -0.452 e. The molecule has 150 valence electrons. The zero-order chi connectivity index (χ0) is 20.9. The van der Waals surface area contributed by atoms with E-state index in [0.717, 1.165) is 10.4 Å². The molecule has 0 bridgehead atoms. The molecule has 0 N–H and O–H groups in total. The monoisotopic (exact) mass is 424 g/mol. The van der Waals surface area contributed by atoms with Gasteiger partial charge < -0.3 is 9.64 Å². The maximum absolute atomic E-state index is 12.4. The lowest BCUT2D eigenvalue weighted by molar-refractivity contribution is -0.121. The standard InChI is InChI=1S/C19H21ClN2O5S/c1-4-22(15-8-6-5-7-9-15)18(23)13-27-19(24)14-10-11-16(20)17(12-14)28(25,26)21(2)3/h5-12H,4,13H2,1-3H3. The van der Waals surface area contributed by atoms with Crippen LogP contribution in [-0.2, 0) is 19.6 Å². The van der Waals surface area contributed by atoms with Crippen molar-refractivity contribution in [3.63, 3.8) is 0 Å². The van der Waals surface area contributed by atoms with Crippen molar-refractivity contribution in [1.29, 1.82) is 0 Å². The summed E-state index contributed by atoms with van der Waals surface area (Å²) in [7, 11) is -1.11. The van der Waals surface area contributed by atoms with Gasteiger partial charge in [-0.1, -0.05) is 29.8 Å². The molecule has 0 aromatic heterocycles. The quantitative estimate of drug-likeness (QED) is 0.638. The van der Waals surface area contributed by atoms with Gasteiger partial charge in [-0.2, -0.15) is 0 Å². The Morgan fingerprint density at radius 3 is 2.29 bits per heavy atom. The first-order valence-electron chi connectivity index (χ1n) is 8.43. The van der Waals surface area contributed by atoms with Crippen LogP contribution in [0.25, 0.3) is 0 Å². The third-order valence-corrected chi connectivity index (χ3v) is 6.23. The van der Waals surface area contributed by atoms with E-state index in [1.807, 2.05) is 13.0 Å². The molecule has 1 amide bonds. The van der Waals surface area contributed by atoms with Crippen LogP contribution in [0.4, 0.5) is 5.69 Å². The van der Waals surface area contributed by atoms with Crippen LogP contribution in [0.15, 0.2) is 53.4 Å². The molecule has 0 spiro atoms. The lowest BCUT2D eigenvalue weighted by Crippen LogP contribution is -2.34. The second kappa shape index (κ2) is 9.18. The van der Waals surface area contributed by atoms with Gasteiger partial charge in [-0.05, 0) is 37.3 Å². The highest BCUT2D eigenvalue weighted by Crippen LogP contribution is 2.25. The van der Waals surface area contributed by atoms with Crippen LogP contribution >= 0.6 is 11.6 Å². The smallest absolute Gasteiger partial charge is 0.338 e. The van der Waals surface area contributed by atoms with E-state index < -0.39 is 28.5 Å². The summed E-state index contributed by atoms with van der Waals surface area (Å²) in [4.78, 5) is 26.0. The lowest BCUT2D eigenvalue weighted by Gasteiger charge is -2.20. The minimum atomic E-state index is -3.83. The van der Waals surface area contributed by atoms with Crippen LogP contribution < -0.4 is 4.90 Å². The number of benzene rings is 2. The van der Waals surface area contributed by atoms with Gasteiger partial charge in [0.2, 0.25) is 10.0 Å². The normalized spacial score (nSPS) is 11.3. The van der Waals surface area contributed by atoms with E-state index in [-0.39, 0.29) is 15.5 Å². The Bertz CT molecular complexity index is 962. The van der Waals surface area contributed by atoms with Crippen LogP contribution in [0, 0.1) is 0 Å². The summed E-state index contributed by atoms with van der Waals surface area (Å²) < 4.78 is 30.7. The van der Waals surface area contributed by atoms with Crippen molar-refractivity contribution in [3.05, 3.63) is 59.1 Å². The molecular weight excluding hydrogens is 404 g/mol. The minimum absolute atomic E-state index is 0.0115. The van der Waals surface area contributed by atoms with E-state index >= 15 is 0 Å². The number of likely N-dealkylation sites (N-methyl/N-ethyl adjacent to an activating group) is 1. The van der Waals surface area contributed by atoms with E-state index in [1.54, 1.807) is 24.3 Å². The lowest BCUT2D eigenvalue weighted by atomic mass is 10.2. The maximum atomic E-state index is 12.4. The van der Waals surface area contributed by atoms with Gasteiger partial charge in [-0.3, -0.25) is 4.79 Å². The summed E-state index contributed by atoms with van der Waals surface area (Å²) in [6.07, 6.45) is 0. The van der Waals surface area contributed by atoms with Crippen molar-refractivity contribution in [2.24, 2.45) is 0 Å². The van der Waals surface area contributed by atoms with Gasteiger partial charge in [0, 0.05) is 26.3 Å². The first kappa shape index (κ1) is 21.9. The Morgan fingerprint density at radius 2 is 1.71 bits per heavy atom. The molecule has 0 aliphatic carbocycles. The molecule has 0 aliphatic rings. The van der Waals surface area contributed by atoms with E-state index in [0.29, 0.717) is 12.2 Å². The highest BCUT2D eigenvalue weighted by Gasteiger charge is 2.23. The number of sulfonamides is 1. The Labute approximate surface area is 169 Å². The molecule has 0 heterocycles. The summed E-state index contributed by atoms with van der Waals surface area (Å²) in [5.74, 6) is -1.21. The van der Waals surface area contributed by atoms with Crippen molar-refractivity contribution in [2.45, 2.75) is 11.8 Å². The van der Waals surface area contributed by atoms with E-state index in [9.17, 15) is 18.0 Å². The number of rotatable bonds is 7. The fraction of sp³-hybridized carbons (Fsp3) is 0.263. The molecule has 0 aliphatic heterocycles. The van der Waals surface area contributed by atoms with Crippen molar-refractivity contribution in [3.8, 4) is 0 Å². The molecule has 0 saturated carbocycles. The molecule has 9 heteroatoms. The van der Waals surface area contributed by atoms with E-state index in [4.69, 9.17) is 16.3 Å².